The second-order valence-corrected chi connectivity index (χ2v) is 8.39. The Morgan fingerprint density at radius 1 is 1.22 bits per heavy atom. The zero-order chi connectivity index (χ0) is 19.0. The molecule has 0 bridgehead atoms. The summed E-state index contributed by atoms with van der Waals surface area (Å²) in [5.74, 6) is 1.33. The SMILES string of the molecule is CCn1c(SCc2cc(-c3ccccc3)no2)nc2sc(C)c(C)c2c1=O. The molecule has 0 radical (unpaired) electrons. The fourth-order valence-electron chi connectivity index (χ4n) is 2.96. The number of hydrogen-bond donors (Lipinski definition) is 0. The molecule has 5 nitrogen and oxygen atoms in total. The van der Waals surface area contributed by atoms with Crippen LogP contribution in [-0.2, 0) is 12.3 Å². The molecule has 0 aliphatic rings. The quantitative estimate of drug-likeness (QED) is 0.349. The highest BCUT2D eigenvalue weighted by atomic mass is 32.2. The molecule has 138 valence electrons. The maximum atomic E-state index is 12.9. The first-order chi connectivity index (χ1) is 13.1. The third kappa shape index (κ3) is 3.33. The van der Waals surface area contributed by atoms with Crippen LogP contribution in [0.25, 0.3) is 21.5 Å². The second-order valence-electron chi connectivity index (χ2n) is 6.24. The molecule has 0 unspecified atom stereocenters. The molecular formula is C20H19N3O2S2. The smallest absolute Gasteiger partial charge is 0.263 e. The highest BCUT2D eigenvalue weighted by Crippen LogP contribution is 2.30. The summed E-state index contributed by atoms with van der Waals surface area (Å²) in [5.41, 5.74) is 2.91. The number of fused-ring (bicyclic) bond motifs is 1. The van der Waals surface area contributed by atoms with Gasteiger partial charge in [-0.05, 0) is 26.3 Å². The molecule has 0 saturated heterocycles. The van der Waals surface area contributed by atoms with Gasteiger partial charge in [-0.2, -0.15) is 0 Å². The maximum Gasteiger partial charge on any atom is 0.263 e. The van der Waals surface area contributed by atoms with Gasteiger partial charge in [0.1, 0.15) is 16.3 Å². The average Bonchev–Trinajstić information content (AvgIpc) is 3.26. The Kier molecular flexibility index (Phi) is 4.88. The minimum Gasteiger partial charge on any atom is -0.360 e. The van der Waals surface area contributed by atoms with E-state index in [0.717, 1.165) is 37.7 Å². The lowest BCUT2D eigenvalue weighted by molar-refractivity contribution is 0.397. The molecule has 0 fully saturated rings. The van der Waals surface area contributed by atoms with Crippen molar-refractivity contribution in [2.45, 2.75) is 38.2 Å². The van der Waals surface area contributed by atoms with Crippen LogP contribution in [0, 0.1) is 13.8 Å². The first-order valence-corrected chi connectivity index (χ1v) is 10.5. The molecule has 7 heteroatoms. The Hall–Kier alpha value is -2.38. The van der Waals surface area contributed by atoms with Gasteiger partial charge in [0.05, 0.1) is 11.1 Å². The number of thiophene rings is 1. The average molecular weight is 398 g/mol. The summed E-state index contributed by atoms with van der Waals surface area (Å²) in [5, 5.41) is 5.61. The summed E-state index contributed by atoms with van der Waals surface area (Å²) in [4.78, 5) is 19.6. The largest absolute Gasteiger partial charge is 0.360 e. The first-order valence-electron chi connectivity index (χ1n) is 8.72. The number of nitrogens with zero attached hydrogens (tertiary/aromatic N) is 3. The number of aryl methyl sites for hydroxylation is 2. The lowest BCUT2D eigenvalue weighted by atomic mass is 10.1. The van der Waals surface area contributed by atoms with Gasteiger partial charge in [-0.15, -0.1) is 11.3 Å². The number of hydrogen-bond acceptors (Lipinski definition) is 6. The van der Waals surface area contributed by atoms with Crippen LogP contribution in [0.5, 0.6) is 0 Å². The van der Waals surface area contributed by atoms with E-state index in [9.17, 15) is 4.79 Å². The van der Waals surface area contributed by atoms with Crippen molar-refractivity contribution >= 4 is 33.3 Å². The molecular weight excluding hydrogens is 378 g/mol. The lowest BCUT2D eigenvalue weighted by Crippen LogP contribution is -2.22. The van der Waals surface area contributed by atoms with Gasteiger partial charge in [0.15, 0.2) is 5.16 Å². The molecule has 1 aromatic carbocycles. The molecule has 0 N–H and O–H groups in total. The van der Waals surface area contributed by atoms with Crippen LogP contribution in [0.3, 0.4) is 0 Å². The minimum absolute atomic E-state index is 0.0365. The van der Waals surface area contributed by atoms with Crippen LogP contribution in [-0.4, -0.2) is 14.7 Å². The third-order valence-corrected chi connectivity index (χ3v) is 6.64. The maximum absolute atomic E-state index is 12.9. The molecule has 3 heterocycles. The molecule has 4 aromatic rings. The van der Waals surface area contributed by atoms with E-state index in [1.807, 2.05) is 57.2 Å². The second kappa shape index (κ2) is 7.32. The standard InChI is InChI=1S/C20H19N3O2S2/c1-4-23-19(24)17-12(2)13(3)27-18(17)21-20(23)26-11-15-10-16(22-25-15)14-8-6-5-7-9-14/h5-10H,4,11H2,1-3H3. The van der Waals surface area contributed by atoms with Crippen LogP contribution < -0.4 is 5.56 Å². The van der Waals surface area contributed by atoms with Crippen molar-refractivity contribution < 1.29 is 4.52 Å². The van der Waals surface area contributed by atoms with Gasteiger partial charge in [0, 0.05) is 23.1 Å². The molecule has 0 aliphatic heterocycles. The van der Waals surface area contributed by atoms with Gasteiger partial charge < -0.3 is 4.52 Å². The van der Waals surface area contributed by atoms with Crippen LogP contribution in [0.4, 0.5) is 0 Å². The Morgan fingerprint density at radius 3 is 2.74 bits per heavy atom. The normalized spacial score (nSPS) is 11.4. The summed E-state index contributed by atoms with van der Waals surface area (Å²) >= 11 is 3.08. The lowest BCUT2D eigenvalue weighted by Gasteiger charge is -2.09. The topological polar surface area (TPSA) is 60.9 Å². The van der Waals surface area contributed by atoms with Crippen LogP contribution in [0.1, 0.15) is 23.1 Å². The van der Waals surface area contributed by atoms with E-state index in [1.54, 1.807) is 15.9 Å². The Labute approximate surface area is 165 Å². The van der Waals surface area contributed by atoms with E-state index in [0.29, 0.717) is 17.5 Å². The van der Waals surface area contributed by atoms with E-state index in [-0.39, 0.29) is 5.56 Å². The molecule has 0 amide bonds. The Balaban J connectivity index is 1.63. The highest BCUT2D eigenvalue weighted by Gasteiger charge is 2.17. The molecule has 0 saturated carbocycles. The van der Waals surface area contributed by atoms with Gasteiger partial charge in [-0.1, -0.05) is 47.3 Å². The van der Waals surface area contributed by atoms with Crippen molar-refractivity contribution in [3.8, 4) is 11.3 Å². The van der Waals surface area contributed by atoms with Crippen molar-refractivity contribution in [3.63, 3.8) is 0 Å². The monoisotopic (exact) mass is 397 g/mol. The van der Waals surface area contributed by atoms with E-state index >= 15 is 0 Å². The summed E-state index contributed by atoms with van der Waals surface area (Å²) in [6.07, 6.45) is 0. The van der Waals surface area contributed by atoms with Gasteiger partial charge in [-0.25, -0.2) is 4.98 Å². The van der Waals surface area contributed by atoms with Crippen molar-refractivity contribution in [1.29, 1.82) is 0 Å². The zero-order valence-electron chi connectivity index (χ0n) is 15.4. The predicted molar refractivity (Wildman–Crippen MR) is 111 cm³/mol. The highest BCUT2D eigenvalue weighted by molar-refractivity contribution is 7.98. The van der Waals surface area contributed by atoms with Gasteiger partial charge in [0.2, 0.25) is 0 Å². The molecule has 0 atom stereocenters. The molecule has 4 rings (SSSR count). The summed E-state index contributed by atoms with van der Waals surface area (Å²) in [6, 6.07) is 11.9. The fourth-order valence-corrected chi connectivity index (χ4v) is 4.97. The van der Waals surface area contributed by atoms with Crippen molar-refractivity contribution in [3.05, 3.63) is 63.0 Å². The van der Waals surface area contributed by atoms with Gasteiger partial charge >= 0.3 is 0 Å². The van der Waals surface area contributed by atoms with Crippen molar-refractivity contribution in [2.75, 3.05) is 0 Å². The van der Waals surface area contributed by atoms with E-state index in [2.05, 4.69) is 5.16 Å². The van der Waals surface area contributed by atoms with Crippen molar-refractivity contribution in [1.82, 2.24) is 14.7 Å². The zero-order valence-corrected chi connectivity index (χ0v) is 17.0. The number of thioether (sulfide) groups is 1. The molecule has 27 heavy (non-hydrogen) atoms. The van der Waals surface area contributed by atoms with E-state index < -0.39 is 0 Å². The summed E-state index contributed by atoms with van der Waals surface area (Å²) in [6.45, 7) is 6.58. The molecule has 0 spiro atoms. The Bertz CT molecular complexity index is 1160. The Morgan fingerprint density at radius 2 is 2.00 bits per heavy atom. The number of rotatable bonds is 5. The van der Waals surface area contributed by atoms with Crippen LogP contribution in [0.2, 0.25) is 0 Å². The van der Waals surface area contributed by atoms with E-state index in [1.165, 1.54) is 11.8 Å². The fraction of sp³-hybridized carbons (Fsp3) is 0.250. The van der Waals surface area contributed by atoms with Crippen LogP contribution >= 0.6 is 23.1 Å². The number of benzene rings is 1. The third-order valence-electron chi connectivity index (χ3n) is 4.54. The first kappa shape index (κ1) is 18.0. The molecule has 0 aliphatic carbocycles. The summed E-state index contributed by atoms with van der Waals surface area (Å²) in [7, 11) is 0. The molecule has 3 aromatic heterocycles. The summed E-state index contributed by atoms with van der Waals surface area (Å²) < 4.78 is 7.21. The van der Waals surface area contributed by atoms with Gasteiger partial charge in [-0.3, -0.25) is 9.36 Å². The van der Waals surface area contributed by atoms with E-state index in [4.69, 9.17) is 9.51 Å². The minimum atomic E-state index is 0.0365. The van der Waals surface area contributed by atoms with Crippen LogP contribution in [0.15, 0.2) is 50.9 Å². The van der Waals surface area contributed by atoms with Crippen molar-refractivity contribution in [2.24, 2.45) is 0 Å². The van der Waals surface area contributed by atoms with Gasteiger partial charge in [0.25, 0.3) is 5.56 Å². The number of aromatic nitrogens is 3. The predicted octanol–water partition coefficient (Wildman–Crippen LogP) is 5.04.